The number of methoxy groups -OCH3 is 1. The molecule has 0 radical (unpaired) electrons. The van der Waals surface area contributed by atoms with Gasteiger partial charge < -0.3 is 9.64 Å². The molecule has 5 heteroatoms. The molecule has 0 aliphatic carbocycles. The monoisotopic (exact) mass is 316 g/mol. The molecule has 22 heavy (non-hydrogen) atoms. The van der Waals surface area contributed by atoms with E-state index in [0.717, 1.165) is 29.6 Å². The molecule has 0 bridgehead atoms. The molecule has 0 unspecified atom stereocenters. The van der Waals surface area contributed by atoms with Gasteiger partial charge in [-0.2, -0.15) is 4.99 Å². The van der Waals surface area contributed by atoms with Crippen LogP contribution >= 0.6 is 11.8 Å². The number of thioether (sulfide) groups is 1. The van der Waals surface area contributed by atoms with Crippen LogP contribution in [0.3, 0.4) is 0 Å². The van der Waals surface area contributed by atoms with Crippen molar-refractivity contribution in [3.05, 3.63) is 34.7 Å². The molecule has 2 aliphatic heterocycles. The van der Waals surface area contributed by atoms with Crippen LogP contribution in [-0.4, -0.2) is 36.2 Å². The maximum Gasteiger partial charge on any atom is 0.286 e. The molecular weight excluding hydrogens is 296 g/mol. The second kappa shape index (κ2) is 7.01. The van der Waals surface area contributed by atoms with E-state index < -0.39 is 0 Å². The van der Waals surface area contributed by atoms with Gasteiger partial charge in [-0.15, -0.1) is 0 Å². The number of rotatable bonds is 2. The van der Waals surface area contributed by atoms with E-state index in [1.807, 2.05) is 30.3 Å². The summed E-state index contributed by atoms with van der Waals surface area (Å²) in [5.41, 5.74) is 0.990. The summed E-state index contributed by atoms with van der Waals surface area (Å²) in [5.74, 6) is 0.689. The summed E-state index contributed by atoms with van der Waals surface area (Å²) < 4.78 is 5.15. The van der Waals surface area contributed by atoms with Gasteiger partial charge in [-0.3, -0.25) is 4.79 Å². The zero-order valence-corrected chi connectivity index (χ0v) is 13.6. The number of amides is 1. The van der Waals surface area contributed by atoms with Gasteiger partial charge in [0.25, 0.3) is 5.91 Å². The Hall–Kier alpha value is -1.75. The second-order valence-corrected chi connectivity index (χ2v) is 6.49. The van der Waals surface area contributed by atoms with Crippen LogP contribution in [0, 0.1) is 0 Å². The molecule has 1 fully saturated rings. The summed E-state index contributed by atoms with van der Waals surface area (Å²) in [5, 5.41) is 0.867. The Morgan fingerprint density at radius 1 is 1.14 bits per heavy atom. The fourth-order valence-corrected chi connectivity index (χ4v) is 3.61. The van der Waals surface area contributed by atoms with Crippen molar-refractivity contribution in [3.63, 3.8) is 0 Å². The lowest BCUT2D eigenvalue weighted by atomic mass is 10.2. The van der Waals surface area contributed by atoms with Crippen LogP contribution < -0.4 is 4.74 Å². The van der Waals surface area contributed by atoms with E-state index in [1.54, 1.807) is 7.11 Å². The topological polar surface area (TPSA) is 41.9 Å². The van der Waals surface area contributed by atoms with Gasteiger partial charge in [0.15, 0.2) is 5.17 Å². The predicted octanol–water partition coefficient (Wildman–Crippen LogP) is 3.54. The highest BCUT2D eigenvalue weighted by Gasteiger charge is 2.26. The molecule has 2 heterocycles. The Bertz CT molecular complexity index is 600. The van der Waals surface area contributed by atoms with E-state index in [-0.39, 0.29) is 5.91 Å². The van der Waals surface area contributed by atoms with Crippen molar-refractivity contribution in [2.24, 2.45) is 4.99 Å². The molecule has 2 aliphatic rings. The fourth-order valence-electron chi connectivity index (χ4n) is 2.65. The lowest BCUT2D eigenvalue weighted by molar-refractivity contribution is -0.113. The molecule has 0 saturated carbocycles. The van der Waals surface area contributed by atoms with Crippen LogP contribution in [0.15, 0.2) is 34.2 Å². The summed E-state index contributed by atoms with van der Waals surface area (Å²) in [4.78, 5) is 19.3. The Morgan fingerprint density at radius 3 is 2.45 bits per heavy atom. The van der Waals surface area contributed by atoms with Crippen molar-refractivity contribution in [2.45, 2.75) is 25.7 Å². The first-order valence-electron chi connectivity index (χ1n) is 7.68. The first-order chi connectivity index (χ1) is 10.8. The molecule has 3 rings (SSSR count). The van der Waals surface area contributed by atoms with Crippen molar-refractivity contribution in [1.82, 2.24) is 4.90 Å². The number of hydrogen-bond donors (Lipinski definition) is 0. The fraction of sp³-hybridized carbons (Fsp3) is 0.412. The van der Waals surface area contributed by atoms with Gasteiger partial charge in [0.05, 0.1) is 12.0 Å². The number of carbonyl (C=O) groups excluding carboxylic acids is 1. The Morgan fingerprint density at radius 2 is 1.82 bits per heavy atom. The lowest BCUT2D eigenvalue weighted by Crippen LogP contribution is -2.28. The van der Waals surface area contributed by atoms with E-state index in [1.165, 1.54) is 37.4 Å². The quantitative estimate of drug-likeness (QED) is 0.783. The van der Waals surface area contributed by atoms with Crippen LogP contribution in [0.4, 0.5) is 0 Å². The highest BCUT2D eigenvalue weighted by molar-refractivity contribution is 8.18. The van der Waals surface area contributed by atoms with Crippen molar-refractivity contribution < 1.29 is 9.53 Å². The maximum absolute atomic E-state index is 12.1. The highest BCUT2D eigenvalue weighted by Crippen LogP contribution is 2.31. The first kappa shape index (κ1) is 15.2. The van der Waals surface area contributed by atoms with Crippen LogP contribution in [0.25, 0.3) is 6.08 Å². The third-order valence-electron chi connectivity index (χ3n) is 3.90. The first-order valence-corrected chi connectivity index (χ1v) is 8.49. The molecule has 4 nitrogen and oxygen atoms in total. The summed E-state index contributed by atoms with van der Waals surface area (Å²) in [6.45, 7) is 2.02. The van der Waals surface area contributed by atoms with E-state index in [0.29, 0.717) is 4.91 Å². The summed E-state index contributed by atoms with van der Waals surface area (Å²) in [6, 6.07) is 7.69. The number of carbonyl (C=O) groups is 1. The molecule has 0 N–H and O–H groups in total. The number of nitrogens with zero attached hydrogens (tertiary/aromatic N) is 2. The standard InChI is InChI=1S/C17H20N2O2S/c1-21-14-8-6-13(7-9-14)12-15-16(20)18-17(22-15)19-10-4-2-3-5-11-19/h6-9,12H,2-5,10-11H2,1H3. The third-order valence-corrected chi connectivity index (χ3v) is 4.94. The molecule has 116 valence electrons. The van der Waals surface area contributed by atoms with Crippen molar-refractivity contribution in [2.75, 3.05) is 20.2 Å². The molecule has 1 aromatic rings. The summed E-state index contributed by atoms with van der Waals surface area (Å²) >= 11 is 1.50. The molecule has 1 aromatic carbocycles. The number of likely N-dealkylation sites (tertiary alicyclic amines) is 1. The zero-order valence-electron chi connectivity index (χ0n) is 12.7. The third kappa shape index (κ3) is 3.53. The lowest BCUT2D eigenvalue weighted by Gasteiger charge is -2.20. The molecule has 1 saturated heterocycles. The molecule has 0 spiro atoms. The maximum atomic E-state index is 12.1. The minimum Gasteiger partial charge on any atom is -0.497 e. The number of benzene rings is 1. The minimum absolute atomic E-state index is 0.125. The Kier molecular flexibility index (Phi) is 4.83. The van der Waals surface area contributed by atoms with Crippen molar-refractivity contribution in [1.29, 1.82) is 0 Å². The van der Waals surface area contributed by atoms with E-state index >= 15 is 0 Å². The number of ether oxygens (including phenoxy) is 1. The normalized spacial score (nSPS) is 21.0. The number of aliphatic imine (C=N–C) groups is 1. The predicted molar refractivity (Wildman–Crippen MR) is 91.0 cm³/mol. The van der Waals surface area contributed by atoms with Gasteiger partial charge in [0.2, 0.25) is 0 Å². The average molecular weight is 316 g/mol. The molecule has 0 atom stereocenters. The van der Waals surface area contributed by atoms with Crippen molar-refractivity contribution in [3.8, 4) is 5.75 Å². The summed E-state index contributed by atoms with van der Waals surface area (Å²) in [7, 11) is 1.64. The number of hydrogen-bond acceptors (Lipinski definition) is 4. The second-order valence-electron chi connectivity index (χ2n) is 5.48. The van der Waals surface area contributed by atoms with Crippen LogP contribution in [0.5, 0.6) is 5.75 Å². The Labute approximate surface area is 135 Å². The van der Waals surface area contributed by atoms with E-state index in [9.17, 15) is 4.79 Å². The van der Waals surface area contributed by atoms with E-state index in [4.69, 9.17) is 4.74 Å². The number of amidine groups is 1. The van der Waals surface area contributed by atoms with Crippen molar-refractivity contribution >= 4 is 28.9 Å². The van der Waals surface area contributed by atoms with Gasteiger partial charge in [-0.05, 0) is 48.4 Å². The van der Waals surface area contributed by atoms with E-state index in [2.05, 4.69) is 9.89 Å². The highest BCUT2D eigenvalue weighted by atomic mass is 32.2. The van der Waals surface area contributed by atoms with Gasteiger partial charge in [0.1, 0.15) is 5.75 Å². The van der Waals surface area contributed by atoms with Gasteiger partial charge in [0, 0.05) is 13.1 Å². The van der Waals surface area contributed by atoms with Crippen LogP contribution in [0.1, 0.15) is 31.2 Å². The summed E-state index contributed by atoms with van der Waals surface area (Å²) in [6.07, 6.45) is 6.82. The Balaban J connectivity index is 1.71. The minimum atomic E-state index is -0.125. The SMILES string of the molecule is COc1ccc(C=C2SC(N3CCCCCC3)=NC2=O)cc1. The van der Waals surface area contributed by atoms with Crippen LogP contribution in [-0.2, 0) is 4.79 Å². The largest absolute Gasteiger partial charge is 0.497 e. The average Bonchev–Trinajstić information content (AvgIpc) is 2.76. The van der Waals surface area contributed by atoms with Crippen LogP contribution in [0.2, 0.25) is 0 Å². The molecule has 0 aromatic heterocycles. The van der Waals surface area contributed by atoms with Gasteiger partial charge in [-0.1, -0.05) is 25.0 Å². The van der Waals surface area contributed by atoms with Gasteiger partial charge in [-0.25, -0.2) is 0 Å². The smallest absolute Gasteiger partial charge is 0.286 e. The van der Waals surface area contributed by atoms with Gasteiger partial charge >= 0.3 is 0 Å². The zero-order chi connectivity index (χ0) is 15.4. The molecular formula is C17H20N2O2S. The molecule has 1 amide bonds.